The van der Waals surface area contributed by atoms with Crippen molar-refractivity contribution in [1.82, 2.24) is 10.2 Å². The van der Waals surface area contributed by atoms with Gasteiger partial charge >= 0.3 is 0 Å². The highest BCUT2D eigenvalue weighted by Gasteiger charge is 2.23. The van der Waals surface area contributed by atoms with Crippen LogP contribution in [0.2, 0.25) is 0 Å². The number of piperidine rings is 1. The van der Waals surface area contributed by atoms with Crippen LogP contribution in [0.3, 0.4) is 0 Å². The third kappa shape index (κ3) is 4.82. The number of hydrogen-bond donors (Lipinski definition) is 2. The highest BCUT2D eigenvalue weighted by Crippen LogP contribution is 2.22. The minimum absolute atomic E-state index is 0.0471. The molecule has 1 aliphatic rings. The average Bonchev–Trinajstić information content (AvgIpc) is 2.54. The monoisotopic (exact) mass is 304 g/mol. The first-order valence-electron chi connectivity index (χ1n) is 8.29. The lowest BCUT2D eigenvalue weighted by Crippen LogP contribution is -2.40. The van der Waals surface area contributed by atoms with Gasteiger partial charge in [-0.2, -0.15) is 0 Å². The van der Waals surface area contributed by atoms with Crippen molar-refractivity contribution in [2.24, 2.45) is 5.92 Å². The summed E-state index contributed by atoms with van der Waals surface area (Å²) in [6, 6.07) is 9.93. The van der Waals surface area contributed by atoms with Gasteiger partial charge in [-0.05, 0) is 51.3 Å². The summed E-state index contributed by atoms with van der Waals surface area (Å²) in [4.78, 5) is 14.7. The van der Waals surface area contributed by atoms with Gasteiger partial charge in [-0.25, -0.2) is 0 Å². The number of likely N-dealkylation sites (tertiary alicyclic amines) is 1. The maximum atomic E-state index is 12.2. The van der Waals surface area contributed by atoms with Gasteiger partial charge in [0.05, 0.1) is 12.6 Å². The largest absolute Gasteiger partial charge is 0.394 e. The number of aliphatic hydroxyl groups is 1. The number of carbonyl (C=O) groups is 1. The van der Waals surface area contributed by atoms with Gasteiger partial charge in [-0.15, -0.1) is 0 Å². The van der Waals surface area contributed by atoms with Crippen molar-refractivity contribution >= 4 is 5.91 Å². The number of nitrogens with one attached hydrogen (secondary N) is 1. The summed E-state index contributed by atoms with van der Waals surface area (Å²) in [5.41, 5.74) is 0.952. The molecule has 1 amide bonds. The molecular formula is C18H28N2O2. The van der Waals surface area contributed by atoms with Gasteiger partial charge in [-0.1, -0.05) is 30.3 Å². The zero-order chi connectivity index (χ0) is 15.9. The summed E-state index contributed by atoms with van der Waals surface area (Å²) in [6.45, 7) is 6.54. The van der Waals surface area contributed by atoms with E-state index in [1.165, 1.54) is 0 Å². The third-order valence-electron chi connectivity index (χ3n) is 4.57. The third-order valence-corrected chi connectivity index (χ3v) is 4.57. The Morgan fingerprint density at radius 1 is 1.27 bits per heavy atom. The summed E-state index contributed by atoms with van der Waals surface area (Å²) in [6.07, 6.45) is 2.73. The second-order valence-electron chi connectivity index (χ2n) is 6.49. The predicted octanol–water partition coefficient (Wildman–Crippen LogP) is 2.35. The first-order chi connectivity index (χ1) is 10.6. The first-order valence-corrected chi connectivity index (χ1v) is 8.29. The molecule has 0 unspecified atom stereocenters. The molecular weight excluding hydrogens is 276 g/mol. The molecule has 1 aromatic rings. The van der Waals surface area contributed by atoms with Crippen LogP contribution in [0.25, 0.3) is 0 Å². The molecule has 1 aliphatic heterocycles. The molecule has 122 valence electrons. The highest BCUT2D eigenvalue weighted by molar-refractivity contribution is 5.76. The fraction of sp³-hybridized carbons (Fsp3) is 0.611. The Morgan fingerprint density at radius 2 is 1.91 bits per heavy atom. The Labute approximate surface area is 133 Å². The normalized spacial score (nSPS) is 18.4. The summed E-state index contributed by atoms with van der Waals surface area (Å²) >= 11 is 0. The predicted molar refractivity (Wildman–Crippen MR) is 88.5 cm³/mol. The van der Waals surface area contributed by atoms with Crippen LogP contribution in [0, 0.1) is 5.92 Å². The Bertz CT molecular complexity index is 453. The van der Waals surface area contributed by atoms with Crippen molar-refractivity contribution < 1.29 is 9.90 Å². The molecule has 0 spiro atoms. The minimum atomic E-state index is -0.301. The summed E-state index contributed by atoms with van der Waals surface area (Å²) < 4.78 is 0. The lowest BCUT2D eigenvalue weighted by atomic mass is 9.92. The van der Waals surface area contributed by atoms with E-state index in [1.807, 2.05) is 30.3 Å². The van der Waals surface area contributed by atoms with Crippen molar-refractivity contribution in [3.63, 3.8) is 0 Å². The average molecular weight is 304 g/mol. The van der Waals surface area contributed by atoms with Gasteiger partial charge in [0.2, 0.25) is 5.91 Å². The van der Waals surface area contributed by atoms with Crippen LogP contribution in [0.1, 0.15) is 44.7 Å². The van der Waals surface area contributed by atoms with Crippen LogP contribution in [0.15, 0.2) is 30.3 Å². The SMILES string of the molecule is CC(C)N1CCC(CC(=O)N[C@@H](CO)c2ccccc2)CC1. The molecule has 1 saturated heterocycles. The second kappa shape index (κ2) is 8.30. The molecule has 0 radical (unpaired) electrons. The van der Waals surface area contributed by atoms with Gasteiger partial charge < -0.3 is 15.3 Å². The van der Waals surface area contributed by atoms with E-state index in [-0.39, 0.29) is 18.6 Å². The van der Waals surface area contributed by atoms with E-state index < -0.39 is 0 Å². The molecule has 1 atom stereocenters. The number of hydrogen-bond acceptors (Lipinski definition) is 3. The number of amides is 1. The van der Waals surface area contributed by atoms with Gasteiger partial charge in [0.15, 0.2) is 0 Å². The van der Waals surface area contributed by atoms with E-state index >= 15 is 0 Å². The fourth-order valence-electron chi connectivity index (χ4n) is 3.11. The Kier molecular flexibility index (Phi) is 6.40. The smallest absolute Gasteiger partial charge is 0.220 e. The molecule has 1 heterocycles. The van der Waals surface area contributed by atoms with Crippen LogP contribution in [-0.2, 0) is 4.79 Å². The Balaban J connectivity index is 1.80. The van der Waals surface area contributed by atoms with Gasteiger partial charge in [-0.3, -0.25) is 4.79 Å². The lowest BCUT2D eigenvalue weighted by molar-refractivity contribution is -0.123. The van der Waals surface area contributed by atoms with Crippen molar-refractivity contribution in [2.75, 3.05) is 19.7 Å². The molecule has 1 aromatic carbocycles. The molecule has 0 bridgehead atoms. The topological polar surface area (TPSA) is 52.6 Å². The van der Waals surface area contributed by atoms with Gasteiger partial charge in [0.1, 0.15) is 0 Å². The van der Waals surface area contributed by atoms with E-state index in [0.717, 1.165) is 31.5 Å². The maximum absolute atomic E-state index is 12.2. The van der Waals surface area contributed by atoms with E-state index in [9.17, 15) is 9.90 Å². The summed E-state index contributed by atoms with van der Waals surface area (Å²) in [5, 5.41) is 12.5. The van der Waals surface area contributed by atoms with Crippen LogP contribution < -0.4 is 5.32 Å². The number of benzene rings is 1. The summed E-state index contributed by atoms with van der Waals surface area (Å²) in [7, 11) is 0. The molecule has 2 N–H and O–H groups in total. The molecule has 1 fully saturated rings. The lowest BCUT2D eigenvalue weighted by Gasteiger charge is -2.34. The summed E-state index contributed by atoms with van der Waals surface area (Å²) in [5.74, 6) is 0.510. The Hall–Kier alpha value is -1.39. The van der Waals surface area contributed by atoms with Crippen LogP contribution in [-0.4, -0.2) is 41.7 Å². The fourth-order valence-corrected chi connectivity index (χ4v) is 3.11. The van der Waals surface area contributed by atoms with Crippen molar-refractivity contribution in [3.8, 4) is 0 Å². The van der Waals surface area contributed by atoms with Crippen LogP contribution in [0.5, 0.6) is 0 Å². The zero-order valence-electron chi connectivity index (χ0n) is 13.7. The number of nitrogens with zero attached hydrogens (tertiary/aromatic N) is 1. The molecule has 0 aliphatic carbocycles. The maximum Gasteiger partial charge on any atom is 0.220 e. The molecule has 22 heavy (non-hydrogen) atoms. The highest BCUT2D eigenvalue weighted by atomic mass is 16.3. The van der Waals surface area contributed by atoms with Crippen molar-refractivity contribution in [2.45, 2.75) is 45.2 Å². The van der Waals surface area contributed by atoms with Crippen LogP contribution >= 0.6 is 0 Å². The molecule has 0 saturated carbocycles. The van der Waals surface area contributed by atoms with Gasteiger partial charge in [0.25, 0.3) is 0 Å². The zero-order valence-corrected chi connectivity index (χ0v) is 13.7. The van der Waals surface area contributed by atoms with Crippen LogP contribution in [0.4, 0.5) is 0 Å². The molecule has 4 nitrogen and oxygen atoms in total. The van der Waals surface area contributed by atoms with E-state index in [2.05, 4.69) is 24.1 Å². The van der Waals surface area contributed by atoms with E-state index in [1.54, 1.807) is 0 Å². The standard InChI is InChI=1S/C18H28N2O2/c1-14(2)20-10-8-15(9-11-20)12-18(22)19-17(13-21)16-6-4-3-5-7-16/h3-7,14-15,17,21H,8-13H2,1-2H3,(H,19,22)/t17-/m0/s1. The Morgan fingerprint density at radius 3 is 2.45 bits per heavy atom. The molecule has 4 heteroatoms. The molecule has 2 rings (SSSR count). The number of rotatable bonds is 6. The quantitative estimate of drug-likeness (QED) is 0.848. The van der Waals surface area contributed by atoms with Gasteiger partial charge in [0, 0.05) is 12.5 Å². The van der Waals surface area contributed by atoms with E-state index in [4.69, 9.17) is 0 Å². The van der Waals surface area contributed by atoms with Crippen molar-refractivity contribution in [1.29, 1.82) is 0 Å². The number of carbonyl (C=O) groups excluding carboxylic acids is 1. The van der Waals surface area contributed by atoms with E-state index in [0.29, 0.717) is 18.4 Å². The first kappa shape index (κ1) is 17.0. The number of aliphatic hydroxyl groups excluding tert-OH is 1. The molecule has 0 aromatic heterocycles. The minimum Gasteiger partial charge on any atom is -0.394 e. The second-order valence-corrected chi connectivity index (χ2v) is 6.49. The van der Waals surface area contributed by atoms with Crippen molar-refractivity contribution in [3.05, 3.63) is 35.9 Å².